The molecule has 1 nitrogen and oxygen atoms in total. The van der Waals surface area contributed by atoms with Gasteiger partial charge in [0.25, 0.3) is 0 Å². The highest BCUT2D eigenvalue weighted by molar-refractivity contribution is 7.99. The van der Waals surface area contributed by atoms with E-state index < -0.39 is 0 Å². The molecule has 154 valence electrons. The molecule has 4 bridgehead atoms. The second kappa shape index (κ2) is 5.98. The van der Waals surface area contributed by atoms with E-state index in [1.54, 1.807) is 11.1 Å². The van der Waals surface area contributed by atoms with Gasteiger partial charge in [0.1, 0.15) is 11.5 Å². The second-order valence-corrected chi connectivity index (χ2v) is 11.6. The molecule has 4 fully saturated rings. The first-order valence-corrected chi connectivity index (χ1v) is 12.9. The molecule has 0 saturated heterocycles. The molecule has 0 atom stereocenters. The Morgan fingerprint density at radius 3 is 2.23 bits per heavy atom. The number of hydrogen-bond donors (Lipinski definition) is 0. The Morgan fingerprint density at radius 1 is 0.710 bits per heavy atom. The number of benzene rings is 3. The first-order chi connectivity index (χ1) is 15.3. The molecule has 0 radical (unpaired) electrons. The van der Waals surface area contributed by atoms with Gasteiger partial charge in [-0.05, 0) is 89.8 Å². The Balaban J connectivity index is 1.42. The van der Waals surface area contributed by atoms with Crippen molar-refractivity contribution in [2.45, 2.75) is 53.7 Å². The molecule has 0 aromatic heterocycles. The van der Waals surface area contributed by atoms with E-state index in [9.17, 15) is 0 Å². The highest BCUT2D eigenvalue weighted by atomic mass is 32.2. The first kappa shape index (κ1) is 17.4. The summed E-state index contributed by atoms with van der Waals surface area (Å²) >= 11 is 1.96. The van der Waals surface area contributed by atoms with E-state index in [1.807, 2.05) is 11.8 Å². The van der Waals surface area contributed by atoms with E-state index in [4.69, 9.17) is 4.74 Å². The average molecular weight is 423 g/mol. The number of fused-ring (bicyclic) bond motifs is 7. The molecule has 0 unspecified atom stereocenters. The van der Waals surface area contributed by atoms with Crippen LogP contribution >= 0.6 is 11.8 Å². The fraction of sp³-hybridized carbons (Fsp3) is 0.379. The summed E-state index contributed by atoms with van der Waals surface area (Å²) < 4.78 is 6.49. The summed E-state index contributed by atoms with van der Waals surface area (Å²) in [7, 11) is 0. The lowest BCUT2D eigenvalue weighted by Crippen LogP contribution is -2.50. The molecule has 6 aliphatic rings. The lowest BCUT2D eigenvalue weighted by atomic mass is 9.49. The molecular formula is C29H26OS. The smallest absolute Gasteiger partial charge is 0.141 e. The fourth-order valence-corrected chi connectivity index (χ4v) is 9.47. The van der Waals surface area contributed by atoms with Crippen LogP contribution in [0.1, 0.15) is 49.7 Å². The first-order valence-electron chi connectivity index (χ1n) is 12.0. The Hall–Kier alpha value is -2.19. The van der Waals surface area contributed by atoms with Gasteiger partial charge in [0.05, 0.1) is 9.79 Å². The predicted octanol–water partition coefficient (Wildman–Crippen LogP) is 8.06. The summed E-state index contributed by atoms with van der Waals surface area (Å²) in [6.45, 7) is 0. The molecule has 4 saturated carbocycles. The van der Waals surface area contributed by atoms with Gasteiger partial charge in [-0.3, -0.25) is 0 Å². The number of para-hydroxylation sites is 1. The van der Waals surface area contributed by atoms with Crippen LogP contribution in [-0.4, -0.2) is 0 Å². The van der Waals surface area contributed by atoms with Crippen molar-refractivity contribution in [2.24, 2.45) is 23.7 Å². The summed E-state index contributed by atoms with van der Waals surface area (Å²) in [5, 5.41) is 0. The predicted molar refractivity (Wildman–Crippen MR) is 125 cm³/mol. The number of rotatable bonds is 0. The Labute approximate surface area is 188 Å². The minimum absolute atomic E-state index is 0.192. The third-order valence-corrected chi connectivity index (χ3v) is 10.4. The minimum Gasteiger partial charge on any atom is -0.455 e. The van der Waals surface area contributed by atoms with Gasteiger partial charge in [-0.1, -0.05) is 67.1 Å². The molecule has 1 heterocycles. The maximum Gasteiger partial charge on any atom is 0.141 e. The van der Waals surface area contributed by atoms with E-state index in [0.717, 1.165) is 35.2 Å². The fourth-order valence-electron chi connectivity index (χ4n) is 8.30. The van der Waals surface area contributed by atoms with Gasteiger partial charge in [-0.2, -0.15) is 0 Å². The normalized spacial score (nSPS) is 33.3. The molecule has 3 aromatic rings. The van der Waals surface area contributed by atoms with Gasteiger partial charge in [0, 0.05) is 5.41 Å². The van der Waals surface area contributed by atoms with Crippen molar-refractivity contribution < 1.29 is 4.74 Å². The Morgan fingerprint density at radius 2 is 1.42 bits per heavy atom. The van der Waals surface area contributed by atoms with Gasteiger partial charge in [-0.25, -0.2) is 0 Å². The van der Waals surface area contributed by atoms with E-state index in [0.29, 0.717) is 0 Å². The number of ether oxygens (including phenoxy) is 1. The minimum atomic E-state index is 0.192. The van der Waals surface area contributed by atoms with E-state index in [2.05, 4.69) is 60.7 Å². The van der Waals surface area contributed by atoms with Crippen LogP contribution in [0.25, 0.3) is 11.1 Å². The molecule has 1 aliphatic heterocycles. The van der Waals surface area contributed by atoms with E-state index in [1.165, 1.54) is 59.4 Å². The number of hydrogen-bond acceptors (Lipinski definition) is 2. The van der Waals surface area contributed by atoms with Crippen molar-refractivity contribution in [1.82, 2.24) is 0 Å². The molecule has 9 rings (SSSR count). The van der Waals surface area contributed by atoms with Crippen molar-refractivity contribution in [3.05, 3.63) is 71.8 Å². The third kappa shape index (κ3) is 2.11. The van der Waals surface area contributed by atoms with Crippen molar-refractivity contribution in [3.63, 3.8) is 0 Å². The van der Waals surface area contributed by atoms with Gasteiger partial charge in [-0.15, -0.1) is 0 Å². The van der Waals surface area contributed by atoms with Crippen LogP contribution in [0.5, 0.6) is 11.5 Å². The highest BCUT2D eigenvalue weighted by Gasteiger charge is 2.61. The summed E-state index contributed by atoms with van der Waals surface area (Å²) in [5.74, 6) is 5.54. The van der Waals surface area contributed by atoms with E-state index in [-0.39, 0.29) is 5.41 Å². The molecule has 2 heteroatoms. The van der Waals surface area contributed by atoms with Gasteiger partial charge >= 0.3 is 0 Å². The molecule has 5 aliphatic carbocycles. The third-order valence-electron chi connectivity index (χ3n) is 9.22. The van der Waals surface area contributed by atoms with Crippen molar-refractivity contribution in [2.75, 3.05) is 0 Å². The Bertz CT molecular complexity index is 1210. The SMILES string of the molecule is c1ccc2c(c1)Oc1ccc3c(c1S2)C1(c2ccccc2-3)C2CC3CCC(C2)CC1C3. The lowest BCUT2D eigenvalue weighted by molar-refractivity contribution is 0.0444. The summed E-state index contributed by atoms with van der Waals surface area (Å²) in [6.07, 6.45) is 8.64. The second-order valence-electron chi connectivity index (χ2n) is 10.5. The maximum absolute atomic E-state index is 6.49. The summed E-state index contributed by atoms with van der Waals surface area (Å²) in [5.41, 5.74) is 6.42. The van der Waals surface area contributed by atoms with Gasteiger partial charge in [0.2, 0.25) is 0 Å². The highest BCUT2D eigenvalue weighted by Crippen LogP contribution is 2.70. The lowest BCUT2D eigenvalue weighted by Gasteiger charge is -2.55. The maximum atomic E-state index is 6.49. The van der Waals surface area contributed by atoms with Crippen LogP contribution in [-0.2, 0) is 5.41 Å². The van der Waals surface area contributed by atoms with Crippen LogP contribution in [0.3, 0.4) is 0 Å². The largest absolute Gasteiger partial charge is 0.455 e. The topological polar surface area (TPSA) is 9.23 Å². The summed E-state index contributed by atoms with van der Waals surface area (Å²) in [4.78, 5) is 2.66. The van der Waals surface area contributed by atoms with Crippen LogP contribution in [0.2, 0.25) is 0 Å². The average Bonchev–Trinajstić information content (AvgIpc) is 2.89. The van der Waals surface area contributed by atoms with Crippen LogP contribution in [0, 0.1) is 23.7 Å². The molecule has 3 aromatic carbocycles. The zero-order chi connectivity index (χ0) is 20.2. The molecular weight excluding hydrogens is 396 g/mol. The standard InChI is InChI=1S/C29H26OS/c1-2-6-23-21(5-1)22-11-12-25-28(31-26-8-4-3-7-24(26)30-25)27(22)29(23)19-13-17-9-10-18(15-19)16-20(29)14-17/h1-8,11-12,17-20H,9-10,13-16H2. The van der Waals surface area contributed by atoms with Crippen LogP contribution in [0.4, 0.5) is 0 Å². The van der Waals surface area contributed by atoms with Crippen LogP contribution in [0.15, 0.2) is 70.5 Å². The van der Waals surface area contributed by atoms with Crippen LogP contribution < -0.4 is 4.74 Å². The van der Waals surface area contributed by atoms with Gasteiger partial charge < -0.3 is 4.74 Å². The molecule has 0 N–H and O–H groups in total. The molecule has 31 heavy (non-hydrogen) atoms. The zero-order valence-corrected chi connectivity index (χ0v) is 18.5. The van der Waals surface area contributed by atoms with Crippen molar-refractivity contribution >= 4 is 11.8 Å². The molecule has 0 amide bonds. The van der Waals surface area contributed by atoms with Gasteiger partial charge in [0.15, 0.2) is 0 Å². The van der Waals surface area contributed by atoms with Crippen molar-refractivity contribution in [1.29, 1.82) is 0 Å². The summed E-state index contributed by atoms with van der Waals surface area (Å²) in [6, 6.07) is 22.5. The monoisotopic (exact) mass is 422 g/mol. The van der Waals surface area contributed by atoms with E-state index >= 15 is 0 Å². The quantitative estimate of drug-likeness (QED) is 0.283. The molecule has 1 spiro atoms. The van der Waals surface area contributed by atoms with Crippen molar-refractivity contribution in [3.8, 4) is 22.6 Å². The Kier molecular flexibility index (Phi) is 3.35. The zero-order valence-electron chi connectivity index (χ0n) is 17.6.